The molecule has 0 aliphatic carbocycles. The number of anilines is 1. The van der Waals surface area contributed by atoms with E-state index in [1.165, 1.54) is 24.2 Å². The molecule has 1 aromatic heterocycles. The van der Waals surface area contributed by atoms with Crippen molar-refractivity contribution in [2.45, 2.75) is 26.3 Å². The normalized spacial score (nSPS) is 15.6. The first-order chi connectivity index (χ1) is 12.6. The molecule has 2 aromatic rings. The minimum Gasteiger partial charge on any atom is -0.497 e. The second-order valence-corrected chi connectivity index (χ2v) is 7.47. The molecule has 0 bridgehead atoms. The number of rotatable bonds is 7. The number of nitrogens with one attached hydrogen (secondary N) is 1. The van der Waals surface area contributed by atoms with Crippen molar-refractivity contribution >= 4 is 22.4 Å². The molecule has 0 unspecified atom stereocenters. The summed E-state index contributed by atoms with van der Waals surface area (Å²) in [5, 5.41) is 5.43. The van der Waals surface area contributed by atoms with Gasteiger partial charge in [-0.3, -0.25) is 15.0 Å². The number of carbonyl (C=O) groups excluding carboxylic acids is 1. The second kappa shape index (κ2) is 9.00. The van der Waals surface area contributed by atoms with Crippen LogP contribution >= 0.6 is 11.3 Å². The number of likely N-dealkylation sites (tertiary alicyclic amines) is 1. The van der Waals surface area contributed by atoms with Crippen LogP contribution in [-0.4, -0.2) is 42.6 Å². The Labute approximate surface area is 158 Å². The van der Waals surface area contributed by atoms with Gasteiger partial charge in [0.25, 0.3) is 5.91 Å². The molecule has 0 spiro atoms. The molecule has 0 saturated carbocycles. The Hall–Kier alpha value is -2.12. The lowest BCUT2D eigenvalue weighted by Crippen LogP contribution is -2.32. The van der Waals surface area contributed by atoms with E-state index in [1.807, 2.05) is 5.38 Å². The van der Waals surface area contributed by atoms with Gasteiger partial charge in [0.15, 0.2) is 11.7 Å². The fraction of sp³-hybridized carbons (Fsp3) is 0.474. The molecule has 1 saturated heterocycles. The Balaban J connectivity index is 1.43. The van der Waals surface area contributed by atoms with Crippen molar-refractivity contribution in [3.63, 3.8) is 0 Å². The van der Waals surface area contributed by atoms with Gasteiger partial charge >= 0.3 is 0 Å². The smallest absolute Gasteiger partial charge is 0.264 e. The fourth-order valence-corrected chi connectivity index (χ4v) is 3.58. The largest absolute Gasteiger partial charge is 0.497 e. The summed E-state index contributed by atoms with van der Waals surface area (Å²) < 4.78 is 10.6. The molecule has 0 radical (unpaired) electrons. The number of aromatic nitrogens is 1. The molecule has 2 heterocycles. The lowest BCUT2D eigenvalue weighted by molar-refractivity contribution is -0.118. The van der Waals surface area contributed by atoms with Gasteiger partial charge in [0.05, 0.1) is 12.8 Å². The summed E-state index contributed by atoms with van der Waals surface area (Å²) in [5.74, 6) is 1.98. The SMILES string of the molecule is COc1ccc(OCC(=O)Nc2nc(CN3CCC(C)CC3)cs2)cc1. The van der Waals surface area contributed by atoms with E-state index in [2.05, 4.69) is 22.1 Å². The Kier molecular flexibility index (Phi) is 6.46. The minimum atomic E-state index is -0.214. The van der Waals surface area contributed by atoms with Crippen LogP contribution in [0.5, 0.6) is 11.5 Å². The number of benzene rings is 1. The molecule has 1 aliphatic heterocycles. The average Bonchev–Trinajstić information content (AvgIpc) is 3.09. The maximum Gasteiger partial charge on any atom is 0.264 e. The van der Waals surface area contributed by atoms with Crippen molar-refractivity contribution in [1.82, 2.24) is 9.88 Å². The monoisotopic (exact) mass is 375 g/mol. The van der Waals surface area contributed by atoms with E-state index in [4.69, 9.17) is 9.47 Å². The number of carbonyl (C=O) groups is 1. The van der Waals surface area contributed by atoms with E-state index < -0.39 is 0 Å². The van der Waals surface area contributed by atoms with Crippen molar-refractivity contribution in [2.75, 3.05) is 32.1 Å². The maximum atomic E-state index is 12.0. The van der Waals surface area contributed by atoms with Crippen LogP contribution in [0.25, 0.3) is 0 Å². The molecule has 1 N–H and O–H groups in total. The van der Waals surface area contributed by atoms with Gasteiger partial charge in [-0.2, -0.15) is 0 Å². The summed E-state index contributed by atoms with van der Waals surface area (Å²) in [5.41, 5.74) is 1.01. The summed E-state index contributed by atoms with van der Waals surface area (Å²) in [6, 6.07) is 7.13. The summed E-state index contributed by atoms with van der Waals surface area (Å²) in [4.78, 5) is 19.0. The lowest BCUT2D eigenvalue weighted by atomic mass is 9.99. The van der Waals surface area contributed by atoms with Gasteiger partial charge < -0.3 is 9.47 Å². The number of hydrogen-bond acceptors (Lipinski definition) is 6. The zero-order valence-corrected chi connectivity index (χ0v) is 16.1. The van der Waals surface area contributed by atoms with E-state index in [0.29, 0.717) is 10.9 Å². The molecule has 6 nitrogen and oxygen atoms in total. The van der Waals surface area contributed by atoms with Crippen LogP contribution in [0.3, 0.4) is 0 Å². The van der Waals surface area contributed by atoms with Crippen LogP contribution in [0.15, 0.2) is 29.6 Å². The predicted octanol–water partition coefficient (Wildman–Crippen LogP) is 3.40. The summed E-state index contributed by atoms with van der Waals surface area (Å²) in [7, 11) is 1.61. The molecular weight excluding hydrogens is 350 g/mol. The summed E-state index contributed by atoms with van der Waals surface area (Å²) in [6.45, 7) is 5.35. The highest BCUT2D eigenvalue weighted by Gasteiger charge is 2.17. The van der Waals surface area contributed by atoms with Gasteiger partial charge in [0.2, 0.25) is 0 Å². The Morgan fingerprint density at radius 2 is 1.96 bits per heavy atom. The van der Waals surface area contributed by atoms with Gasteiger partial charge in [-0.15, -0.1) is 11.3 Å². The van der Waals surface area contributed by atoms with Gasteiger partial charge in [0, 0.05) is 11.9 Å². The van der Waals surface area contributed by atoms with Gasteiger partial charge in [0.1, 0.15) is 11.5 Å². The highest BCUT2D eigenvalue weighted by Crippen LogP contribution is 2.21. The van der Waals surface area contributed by atoms with Crippen LogP contribution in [0.1, 0.15) is 25.5 Å². The summed E-state index contributed by atoms with van der Waals surface area (Å²) in [6.07, 6.45) is 2.49. The third-order valence-corrected chi connectivity index (χ3v) is 5.30. The standard InChI is InChI=1S/C19H25N3O3S/c1-14-7-9-22(10-8-14)11-15-13-26-19(20-15)21-18(23)12-25-17-5-3-16(24-2)4-6-17/h3-6,13-14H,7-12H2,1-2H3,(H,20,21,23). The van der Waals surface area contributed by atoms with E-state index in [0.717, 1.165) is 37.0 Å². The third kappa shape index (κ3) is 5.44. The first-order valence-electron chi connectivity index (χ1n) is 8.86. The van der Waals surface area contributed by atoms with Crippen LogP contribution in [-0.2, 0) is 11.3 Å². The van der Waals surface area contributed by atoms with Gasteiger partial charge in [-0.25, -0.2) is 4.98 Å². The minimum absolute atomic E-state index is 0.0503. The number of methoxy groups -OCH3 is 1. The zero-order valence-electron chi connectivity index (χ0n) is 15.2. The molecule has 140 valence electrons. The molecule has 7 heteroatoms. The fourth-order valence-electron chi connectivity index (χ4n) is 2.86. The van der Waals surface area contributed by atoms with Crippen LogP contribution in [0.4, 0.5) is 5.13 Å². The van der Waals surface area contributed by atoms with Crippen LogP contribution < -0.4 is 14.8 Å². The average molecular weight is 375 g/mol. The molecule has 1 aromatic carbocycles. The highest BCUT2D eigenvalue weighted by atomic mass is 32.1. The van der Waals surface area contributed by atoms with E-state index in [9.17, 15) is 4.79 Å². The molecule has 1 amide bonds. The quantitative estimate of drug-likeness (QED) is 0.804. The number of ether oxygens (including phenoxy) is 2. The molecule has 1 fully saturated rings. The number of amides is 1. The topological polar surface area (TPSA) is 63.7 Å². The van der Waals surface area contributed by atoms with E-state index >= 15 is 0 Å². The Morgan fingerprint density at radius 1 is 1.27 bits per heavy atom. The molecule has 0 atom stereocenters. The maximum absolute atomic E-state index is 12.0. The van der Waals surface area contributed by atoms with Gasteiger partial charge in [-0.1, -0.05) is 6.92 Å². The number of hydrogen-bond donors (Lipinski definition) is 1. The van der Waals surface area contributed by atoms with Crippen molar-refractivity contribution in [3.05, 3.63) is 35.3 Å². The van der Waals surface area contributed by atoms with Gasteiger partial charge in [-0.05, 0) is 56.1 Å². The van der Waals surface area contributed by atoms with Crippen LogP contribution in [0, 0.1) is 5.92 Å². The first-order valence-corrected chi connectivity index (χ1v) is 9.74. The second-order valence-electron chi connectivity index (χ2n) is 6.62. The number of piperidine rings is 1. The Morgan fingerprint density at radius 3 is 2.65 bits per heavy atom. The molecule has 26 heavy (non-hydrogen) atoms. The predicted molar refractivity (Wildman–Crippen MR) is 103 cm³/mol. The molecule has 1 aliphatic rings. The van der Waals surface area contributed by atoms with E-state index in [-0.39, 0.29) is 12.5 Å². The van der Waals surface area contributed by atoms with Crippen molar-refractivity contribution in [2.24, 2.45) is 5.92 Å². The first kappa shape index (κ1) is 18.7. The molecular formula is C19H25N3O3S. The van der Waals surface area contributed by atoms with Crippen LogP contribution in [0.2, 0.25) is 0 Å². The summed E-state index contributed by atoms with van der Waals surface area (Å²) >= 11 is 1.45. The van der Waals surface area contributed by atoms with Crippen molar-refractivity contribution in [3.8, 4) is 11.5 Å². The lowest BCUT2D eigenvalue weighted by Gasteiger charge is -2.29. The van der Waals surface area contributed by atoms with Crippen molar-refractivity contribution in [1.29, 1.82) is 0 Å². The zero-order chi connectivity index (χ0) is 18.4. The van der Waals surface area contributed by atoms with E-state index in [1.54, 1.807) is 31.4 Å². The third-order valence-electron chi connectivity index (χ3n) is 4.49. The van der Waals surface area contributed by atoms with Crippen molar-refractivity contribution < 1.29 is 14.3 Å². The number of nitrogens with zero attached hydrogens (tertiary/aromatic N) is 2. The highest BCUT2D eigenvalue weighted by molar-refractivity contribution is 7.13. The Bertz CT molecular complexity index is 709. The molecule has 3 rings (SSSR count). The number of thiazole rings is 1.